The van der Waals surface area contributed by atoms with Crippen LogP contribution in [-0.2, 0) is 30.6 Å². The number of hydrogen-bond acceptors (Lipinski definition) is 16. The van der Waals surface area contributed by atoms with Gasteiger partial charge in [0, 0.05) is 6.42 Å². The summed E-state index contributed by atoms with van der Waals surface area (Å²) in [7, 11) is -5.22. The van der Waals surface area contributed by atoms with Crippen molar-refractivity contribution in [1.82, 2.24) is 0 Å². The zero-order valence-electron chi connectivity index (χ0n) is 20.2. The Balaban J connectivity index is 0.00000507. The summed E-state index contributed by atoms with van der Waals surface area (Å²) >= 11 is 0.599. The molecule has 0 bridgehead atoms. The second kappa shape index (κ2) is 14.8. The number of oxime groups is 1. The number of hydrogen-bond donors (Lipinski definition) is 7. The van der Waals surface area contributed by atoms with Gasteiger partial charge in [-0.2, -0.15) is 8.42 Å². The molecule has 38 heavy (non-hydrogen) atoms. The van der Waals surface area contributed by atoms with Gasteiger partial charge >= 0.3 is 51.4 Å². The number of nitrogens with zero attached hydrogens (tertiary/aromatic N) is 1. The number of thioether (sulfide) groups is 1. The van der Waals surface area contributed by atoms with Crippen LogP contribution in [0.5, 0.6) is 5.75 Å². The third-order valence-corrected chi connectivity index (χ3v) is 7.04. The first-order valence-corrected chi connectivity index (χ1v) is 13.2. The summed E-state index contributed by atoms with van der Waals surface area (Å²) in [5.74, 6) is 0.210. The van der Waals surface area contributed by atoms with Gasteiger partial charge in [-0.15, -0.1) is 0 Å². The summed E-state index contributed by atoms with van der Waals surface area (Å²) in [5.41, 5.74) is -0.840. The Bertz CT molecular complexity index is 1030. The molecule has 0 saturated carbocycles. The van der Waals surface area contributed by atoms with Crippen molar-refractivity contribution in [3.8, 4) is 5.75 Å². The molecule has 0 aromatic heterocycles. The van der Waals surface area contributed by atoms with Gasteiger partial charge in [-0.1, -0.05) is 29.1 Å². The molecule has 2 aliphatic rings. The van der Waals surface area contributed by atoms with E-state index in [4.69, 9.17) is 14.2 Å². The van der Waals surface area contributed by atoms with Crippen LogP contribution in [0.2, 0.25) is 0 Å². The van der Waals surface area contributed by atoms with Crippen LogP contribution in [0, 0.1) is 0 Å². The predicted octanol–water partition coefficient (Wildman–Crippen LogP) is -6.24. The van der Waals surface area contributed by atoms with Crippen molar-refractivity contribution in [2.75, 3.05) is 6.61 Å². The smallest absolute Gasteiger partial charge is 0.714 e. The fourth-order valence-corrected chi connectivity index (χ4v) is 4.91. The molecule has 1 aromatic carbocycles. The maximum Gasteiger partial charge on any atom is 1.00 e. The van der Waals surface area contributed by atoms with Crippen LogP contribution in [0.15, 0.2) is 29.4 Å². The van der Waals surface area contributed by atoms with Gasteiger partial charge in [0.15, 0.2) is 0 Å². The quantitative estimate of drug-likeness (QED) is 0.0362. The Morgan fingerprint density at radius 1 is 0.974 bits per heavy atom. The van der Waals surface area contributed by atoms with Crippen molar-refractivity contribution in [1.29, 1.82) is 0 Å². The van der Waals surface area contributed by atoms with Gasteiger partial charge in [-0.05, 0) is 24.6 Å². The first kappa shape index (κ1) is 34.2. The zero-order valence-corrected chi connectivity index (χ0v) is 25.0. The molecule has 1 aromatic rings. The summed E-state index contributed by atoms with van der Waals surface area (Å²) in [6, 6.07) is 5.92. The molecule has 2 heterocycles. The van der Waals surface area contributed by atoms with Gasteiger partial charge in [0.2, 0.25) is 6.29 Å². The van der Waals surface area contributed by atoms with E-state index in [-0.39, 0.29) is 68.6 Å². The molecule has 0 amide bonds. The number of rotatable bonds is 8. The molecule has 18 heteroatoms. The standard InChI is InChI=1S/C20H29NO14S2.K/c1-8-13(23)15(25)17(27)19(32-8)33-10-4-2-9(3-5-10)6-12(21-35-37(29,30)31)36-20-18(28)16(26)14(24)11(7-22)34-20;/h2-5,8,11,13-20,22-28H,6-7H2,1H3,(H,29,30,31);/q;+1/p-1/b21-12-;/t8-,11-,13-,14-,15+,16+,17+,18-,19?,20+;/m1./s1. The predicted molar refractivity (Wildman–Crippen MR) is 123 cm³/mol. The minimum atomic E-state index is -5.22. The summed E-state index contributed by atoms with van der Waals surface area (Å²) in [4.78, 5) is 0. The Labute approximate surface area is 264 Å². The maximum atomic E-state index is 10.9. The third-order valence-electron chi connectivity index (χ3n) is 5.67. The minimum absolute atomic E-state index is 0. The van der Waals surface area contributed by atoms with Gasteiger partial charge < -0.3 is 54.5 Å². The molecule has 210 valence electrons. The molecule has 10 atom stereocenters. The topological polar surface area (TPSA) is 248 Å². The summed E-state index contributed by atoms with van der Waals surface area (Å²) in [6.45, 7) is 0.812. The molecular weight excluding hydrogens is 581 g/mol. The van der Waals surface area contributed by atoms with Crippen LogP contribution in [-0.4, -0.2) is 121 Å². The zero-order chi connectivity index (χ0) is 27.5. The van der Waals surface area contributed by atoms with Crippen LogP contribution in [0.3, 0.4) is 0 Å². The van der Waals surface area contributed by atoms with Crippen molar-refractivity contribution in [2.24, 2.45) is 5.16 Å². The second-order valence-electron chi connectivity index (χ2n) is 8.40. The van der Waals surface area contributed by atoms with Gasteiger partial charge in [-0.3, -0.25) is 4.28 Å². The molecule has 0 spiro atoms. The van der Waals surface area contributed by atoms with E-state index in [1.54, 1.807) is 0 Å². The monoisotopic (exact) mass is 609 g/mol. The SMILES string of the molecule is C[C@H]1OC(Oc2ccc(C/C(=N/OS(=O)(=O)[O-])S[C@@H]3O[C@H](CO)[C@@H](O)[C@H](O)[C@H]3O)cc2)[C@@H](O)[C@@H](O)[C@@H]1O.[K+]. The molecule has 7 N–H and O–H groups in total. The normalized spacial score (nSPS) is 36.3. The van der Waals surface area contributed by atoms with Gasteiger partial charge in [0.1, 0.15) is 59.0 Å². The molecular formula is C20H28KNO14S2. The Morgan fingerprint density at radius 2 is 1.58 bits per heavy atom. The van der Waals surface area contributed by atoms with Crippen LogP contribution >= 0.6 is 11.8 Å². The Hall–Kier alpha value is 0.0264. The third kappa shape index (κ3) is 9.01. The first-order chi connectivity index (χ1) is 17.3. The van der Waals surface area contributed by atoms with Crippen LogP contribution in [0.4, 0.5) is 0 Å². The molecule has 0 aliphatic carbocycles. The van der Waals surface area contributed by atoms with Gasteiger partial charge in [0.25, 0.3) is 10.4 Å². The number of benzene rings is 1. The number of aliphatic hydroxyl groups excluding tert-OH is 7. The minimum Gasteiger partial charge on any atom is -0.714 e. The van der Waals surface area contributed by atoms with Crippen LogP contribution in [0.25, 0.3) is 0 Å². The fourth-order valence-electron chi connectivity index (χ4n) is 3.59. The molecule has 0 radical (unpaired) electrons. The van der Waals surface area contributed by atoms with E-state index in [2.05, 4.69) is 9.44 Å². The molecule has 1 unspecified atom stereocenters. The van der Waals surface area contributed by atoms with E-state index >= 15 is 0 Å². The van der Waals surface area contributed by atoms with Crippen molar-refractivity contribution in [2.45, 2.75) is 73.9 Å². The largest absolute Gasteiger partial charge is 1.00 e. The Kier molecular flexibility index (Phi) is 13.3. The fraction of sp³-hybridized carbons (Fsp3) is 0.650. The Morgan fingerprint density at radius 3 is 2.16 bits per heavy atom. The summed E-state index contributed by atoms with van der Waals surface area (Å²) < 4.78 is 53.0. The van der Waals surface area contributed by atoms with E-state index in [1.165, 1.54) is 31.2 Å². The average Bonchev–Trinajstić information content (AvgIpc) is 2.85. The maximum absolute atomic E-state index is 10.9. The molecule has 15 nitrogen and oxygen atoms in total. The van der Waals surface area contributed by atoms with Gasteiger partial charge in [-0.25, -0.2) is 0 Å². The van der Waals surface area contributed by atoms with Crippen molar-refractivity contribution in [3.63, 3.8) is 0 Å². The van der Waals surface area contributed by atoms with Crippen LogP contribution in [0.1, 0.15) is 12.5 Å². The van der Waals surface area contributed by atoms with Crippen molar-refractivity contribution >= 4 is 27.2 Å². The first-order valence-electron chi connectivity index (χ1n) is 10.9. The van der Waals surface area contributed by atoms with E-state index in [0.29, 0.717) is 17.3 Å². The second-order valence-corrected chi connectivity index (χ2v) is 10.5. The molecule has 2 saturated heterocycles. The van der Waals surface area contributed by atoms with E-state index in [0.717, 1.165) is 0 Å². The van der Waals surface area contributed by atoms with Crippen LogP contribution < -0.4 is 56.1 Å². The molecule has 2 aliphatic heterocycles. The number of aliphatic hydroxyl groups is 7. The van der Waals surface area contributed by atoms with E-state index in [1.807, 2.05) is 0 Å². The number of ether oxygens (including phenoxy) is 3. The summed E-state index contributed by atoms with van der Waals surface area (Å²) in [5, 5.41) is 72.4. The van der Waals surface area contributed by atoms with Crippen molar-refractivity contribution < 1.29 is 119 Å². The summed E-state index contributed by atoms with van der Waals surface area (Å²) in [6.07, 6.45) is -12.7. The molecule has 3 rings (SSSR count). The van der Waals surface area contributed by atoms with Gasteiger partial charge in [0.05, 0.1) is 12.7 Å². The molecule has 2 fully saturated rings. The van der Waals surface area contributed by atoms with Crippen molar-refractivity contribution in [3.05, 3.63) is 29.8 Å². The van der Waals surface area contributed by atoms with E-state index in [9.17, 15) is 48.7 Å². The van der Waals surface area contributed by atoms with E-state index < -0.39 is 77.6 Å². The average molecular weight is 610 g/mol.